The second-order valence-corrected chi connectivity index (χ2v) is 7.76. The summed E-state index contributed by atoms with van der Waals surface area (Å²) in [6.07, 6.45) is 7.41. The first-order chi connectivity index (χ1) is 8.39. The van der Waals surface area contributed by atoms with Crippen LogP contribution in [0, 0.1) is 5.41 Å². The molecule has 1 atom stereocenters. The van der Waals surface area contributed by atoms with Gasteiger partial charge in [0.25, 0.3) is 0 Å². The van der Waals surface area contributed by atoms with E-state index < -0.39 is 9.84 Å². The molecule has 0 unspecified atom stereocenters. The van der Waals surface area contributed by atoms with Gasteiger partial charge in [-0.25, -0.2) is 8.42 Å². The van der Waals surface area contributed by atoms with Crippen LogP contribution in [-0.4, -0.2) is 42.8 Å². The molecule has 0 radical (unpaired) electrons. The summed E-state index contributed by atoms with van der Waals surface area (Å²) in [6.45, 7) is 3.70. The molecular weight excluding hydrogens is 250 g/mol. The molecule has 2 rings (SSSR count). The van der Waals surface area contributed by atoms with Crippen LogP contribution >= 0.6 is 0 Å². The second kappa shape index (κ2) is 5.01. The van der Waals surface area contributed by atoms with Gasteiger partial charge in [-0.15, -0.1) is 0 Å². The molecule has 1 heterocycles. The highest BCUT2D eigenvalue weighted by atomic mass is 32.2. The van der Waals surface area contributed by atoms with Crippen molar-refractivity contribution in [3.8, 4) is 0 Å². The van der Waals surface area contributed by atoms with E-state index in [1.165, 1.54) is 19.1 Å². The van der Waals surface area contributed by atoms with Gasteiger partial charge in [-0.2, -0.15) is 5.10 Å². The van der Waals surface area contributed by atoms with Crippen LogP contribution in [0.1, 0.15) is 19.8 Å². The van der Waals surface area contributed by atoms with E-state index in [0.29, 0.717) is 0 Å². The summed E-state index contributed by atoms with van der Waals surface area (Å²) in [5, 5.41) is 7.56. The van der Waals surface area contributed by atoms with Crippen molar-refractivity contribution in [2.45, 2.75) is 32.4 Å². The highest BCUT2D eigenvalue weighted by molar-refractivity contribution is 7.90. The summed E-state index contributed by atoms with van der Waals surface area (Å²) in [6, 6.07) is 1.94. The first-order valence-corrected chi connectivity index (χ1v) is 8.33. The van der Waals surface area contributed by atoms with Gasteiger partial charge in [-0.1, -0.05) is 0 Å². The van der Waals surface area contributed by atoms with Crippen molar-refractivity contribution in [2.75, 3.05) is 18.6 Å². The monoisotopic (exact) mass is 271 g/mol. The van der Waals surface area contributed by atoms with Crippen LogP contribution in [0.15, 0.2) is 18.5 Å². The molecule has 1 N–H and O–H groups in total. The molecule has 0 aromatic carbocycles. The van der Waals surface area contributed by atoms with Crippen LogP contribution in [0.25, 0.3) is 0 Å². The lowest BCUT2D eigenvalue weighted by atomic mass is 10.1. The molecule has 1 aromatic rings. The zero-order valence-electron chi connectivity index (χ0n) is 11.0. The molecule has 0 aliphatic heterocycles. The highest BCUT2D eigenvalue weighted by Crippen LogP contribution is 2.46. The molecule has 0 amide bonds. The van der Waals surface area contributed by atoms with Crippen molar-refractivity contribution >= 4 is 9.84 Å². The Kier molecular flexibility index (Phi) is 3.77. The van der Waals surface area contributed by atoms with E-state index in [2.05, 4.69) is 10.4 Å². The SMILES string of the molecule is C[C@H](CS(C)(=O)=O)NCC1(Cn2cccn2)CC1. The van der Waals surface area contributed by atoms with Gasteiger partial charge in [0.15, 0.2) is 0 Å². The van der Waals surface area contributed by atoms with E-state index in [-0.39, 0.29) is 17.2 Å². The van der Waals surface area contributed by atoms with Crippen molar-refractivity contribution in [2.24, 2.45) is 5.41 Å². The molecule has 1 saturated carbocycles. The minimum Gasteiger partial charge on any atom is -0.313 e. The van der Waals surface area contributed by atoms with Gasteiger partial charge in [-0.05, 0) is 25.8 Å². The van der Waals surface area contributed by atoms with E-state index >= 15 is 0 Å². The predicted molar refractivity (Wildman–Crippen MR) is 71.1 cm³/mol. The molecule has 0 saturated heterocycles. The summed E-state index contributed by atoms with van der Waals surface area (Å²) in [4.78, 5) is 0. The summed E-state index contributed by atoms with van der Waals surface area (Å²) in [7, 11) is -2.90. The molecule has 0 bridgehead atoms. The third-order valence-corrected chi connectivity index (χ3v) is 4.50. The van der Waals surface area contributed by atoms with E-state index in [1.54, 1.807) is 6.20 Å². The van der Waals surface area contributed by atoms with Gasteiger partial charge in [0.05, 0.1) is 5.75 Å². The number of hydrogen-bond donors (Lipinski definition) is 1. The van der Waals surface area contributed by atoms with Crippen molar-refractivity contribution in [3.63, 3.8) is 0 Å². The third kappa shape index (κ3) is 4.10. The van der Waals surface area contributed by atoms with E-state index in [0.717, 1.165) is 13.1 Å². The van der Waals surface area contributed by atoms with Crippen molar-refractivity contribution < 1.29 is 8.42 Å². The molecule has 6 heteroatoms. The number of hydrogen-bond acceptors (Lipinski definition) is 4. The minimum absolute atomic E-state index is 0.00935. The zero-order valence-corrected chi connectivity index (χ0v) is 11.8. The van der Waals surface area contributed by atoms with Gasteiger partial charge in [0.2, 0.25) is 0 Å². The highest BCUT2D eigenvalue weighted by Gasteiger charge is 2.42. The zero-order chi connectivity index (χ0) is 13.2. The second-order valence-electron chi connectivity index (χ2n) is 5.58. The molecule has 102 valence electrons. The Bertz CT molecular complexity index is 477. The first kappa shape index (κ1) is 13.5. The van der Waals surface area contributed by atoms with Crippen LogP contribution in [0.4, 0.5) is 0 Å². The lowest BCUT2D eigenvalue weighted by Crippen LogP contribution is -2.37. The van der Waals surface area contributed by atoms with Crippen molar-refractivity contribution in [1.29, 1.82) is 0 Å². The Labute approximate surface area is 108 Å². The number of aromatic nitrogens is 2. The minimum atomic E-state index is -2.90. The molecule has 18 heavy (non-hydrogen) atoms. The standard InChI is InChI=1S/C12H21N3O2S/c1-11(8-18(2,16)17)13-9-12(4-5-12)10-15-7-3-6-14-15/h3,6-7,11,13H,4-5,8-10H2,1-2H3/t11-/m1/s1. The number of rotatable bonds is 7. The first-order valence-electron chi connectivity index (χ1n) is 6.27. The van der Waals surface area contributed by atoms with Gasteiger partial charge in [0.1, 0.15) is 9.84 Å². The topological polar surface area (TPSA) is 64.0 Å². The van der Waals surface area contributed by atoms with Crippen LogP contribution in [0.5, 0.6) is 0 Å². The smallest absolute Gasteiger partial charge is 0.148 e. The summed E-state index contributed by atoms with van der Waals surface area (Å²) >= 11 is 0. The predicted octanol–water partition coefficient (Wildman–Crippen LogP) is 0.686. The Morgan fingerprint density at radius 3 is 2.72 bits per heavy atom. The number of nitrogens with zero attached hydrogens (tertiary/aromatic N) is 2. The lowest BCUT2D eigenvalue weighted by Gasteiger charge is -2.19. The van der Waals surface area contributed by atoms with E-state index in [1.807, 2.05) is 23.9 Å². The maximum atomic E-state index is 11.2. The largest absolute Gasteiger partial charge is 0.313 e. The number of sulfone groups is 1. The Morgan fingerprint density at radius 1 is 1.50 bits per heavy atom. The van der Waals surface area contributed by atoms with Gasteiger partial charge in [0, 0.05) is 43.2 Å². The molecule has 1 aliphatic carbocycles. The van der Waals surface area contributed by atoms with Crippen molar-refractivity contribution in [3.05, 3.63) is 18.5 Å². The fourth-order valence-corrected chi connectivity index (χ4v) is 3.24. The average molecular weight is 271 g/mol. The van der Waals surface area contributed by atoms with Crippen LogP contribution < -0.4 is 5.32 Å². The fourth-order valence-electron chi connectivity index (χ4n) is 2.21. The van der Waals surface area contributed by atoms with Gasteiger partial charge >= 0.3 is 0 Å². The van der Waals surface area contributed by atoms with E-state index in [9.17, 15) is 8.42 Å². The molecule has 5 nitrogen and oxygen atoms in total. The summed E-state index contributed by atoms with van der Waals surface area (Å²) in [5.74, 6) is 0.199. The van der Waals surface area contributed by atoms with E-state index in [4.69, 9.17) is 0 Å². The normalized spacial score (nSPS) is 19.7. The van der Waals surface area contributed by atoms with Crippen LogP contribution in [0.2, 0.25) is 0 Å². The Hall–Kier alpha value is -0.880. The summed E-state index contributed by atoms with van der Waals surface area (Å²) in [5.41, 5.74) is 0.276. The maximum Gasteiger partial charge on any atom is 0.148 e. The van der Waals surface area contributed by atoms with Gasteiger partial charge < -0.3 is 5.32 Å². The molecule has 0 spiro atoms. The quantitative estimate of drug-likeness (QED) is 0.792. The summed E-state index contributed by atoms with van der Waals surface area (Å²) < 4.78 is 24.3. The average Bonchev–Trinajstić information content (AvgIpc) is 2.79. The third-order valence-electron chi connectivity index (χ3n) is 3.39. The number of nitrogens with one attached hydrogen (secondary N) is 1. The van der Waals surface area contributed by atoms with Gasteiger partial charge in [-0.3, -0.25) is 4.68 Å². The van der Waals surface area contributed by atoms with Crippen LogP contribution in [-0.2, 0) is 16.4 Å². The van der Waals surface area contributed by atoms with Crippen molar-refractivity contribution in [1.82, 2.24) is 15.1 Å². The fraction of sp³-hybridized carbons (Fsp3) is 0.750. The lowest BCUT2D eigenvalue weighted by molar-refractivity contribution is 0.361. The van der Waals surface area contributed by atoms with Crippen LogP contribution in [0.3, 0.4) is 0 Å². The Balaban J connectivity index is 1.79. The molecule has 1 aliphatic rings. The molecular formula is C12H21N3O2S. The Morgan fingerprint density at radius 2 is 2.22 bits per heavy atom. The maximum absolute atomic E-state index is 11.2. The molecule has 1 aromatic heterocycles. The molecule has 1 fully saturated rings.